The standard InChI is InChI=1S/C9H13N3/c1-11-9(3-2-5-10)8-4-6-12-7-8/h4,6-7,9,11-12H,2-3H2,1H3. The zero-order chi connectivity index (χ0) is 8.81. The van der Waals surface area contributed by atoms with Crippen molar-refractivity contribution in [2.45, 2.75) is 18.9 Å². The molecule has 1 aromatic heterocycles. The number of hydrogen-bond acceptors (Lipinski definition) is 2. The van der Waals surface area contributed by atoms with Crippen molar-refractivity contribution in [1.29, 1.82) is 5.26 Å². The molecule has 0 fully saturated rings. The molecule has 0 radical (unpaired) electrons. The molecule has 0 bridgehead atoms. The van der Waals surface area contributed by atoms with E-state index >= 15 is 0 Å². The van der Waals surface area contributed by atoms with Crippen molar-refractivity contribution in [2.24, 2.45) is 0 Å². The molecule has 1 aromatic rings. The van der Waals surface area contributed by atoms with E-state index < -0.39 is 0 Å². The molecular weight excluding hydrogens is 150 g/mol. The summed E-state index contributed by atoms with van der Waals surface area (Å²) >= 11 is 0. The van der Waals surface area contributed by atoms with Crippen LogP contribution in [0.1, 0.15) is 24.4 Å². The summed E-state index contributed by atoms with van der Waals surface area (Å²) in [5.74, 6) is 0. The van der Waals surface area contributed by atoms with Crippen LogP contribution in [0.3, 0.4) is 0 Å². The molecule has 0 aromatic carbocycles. The van der Waals surface area contributed by atoms with Gasteiger partial charge in [0.05, 0.1) is 6.07 Å². The summed E-state index contributed by atoms with van der Waals surface area (Å²) < 4.78 is 0. The Morgan fingerprint density at radius 1 is 1.75 bits per heavy atom. The Bertz CT molecular complexity index is 245. The minimum atomic E-state index is 0.302. The fourth-order valence-corrected chi connectivity index (χ4v) is 1.24. The van der Waals surface area contributed by atoms with Crippen LogP contribution in [-0.4, -0.2) is 12.0 Å². The zero-order valence-electron chi connectivity index (χ0n) is 7.17. The van der Waals surface area contributed by atoms with E-state index in [2.05, 4.69) is 16.4 Å². The molecule has 1 heterocycles. The lowest BCUT2D eigenvalue weighted by Gasteiger charge is -2.11. The van der Waals surface area contributed by atoms with E-state index in [0.717, 1.165) is 6.42 Å². The number of H-pyrrole nitrogens is 1. The van der Waals surface area contributed by atoms with Crippen molar-refractivity contribution >= 4 is 0 Å². The lowest BCUT2D eigenvalue weighted by atomic mass is 10.1. The average molecular weight is 163 g/mol. The van der Waals surface area contributed by atoms with Crippen LogP contribution >= 0.6 is 0 Å². The minimum absolute atomic E-state index is 0.302. The van der Waals surface area contributed by atoms with Crippen molar-refractivity contribution < 1.29 is 0 Å². The second kappa shape index (κ2) is 4.58. The van der Waals surface area contributed by atoms with Crippen molar-refractivity contribution in [1.82, 2.24) is 10.3 Å². The molecule has 0 saturated carbocycles. The van der Waals surface area contributed by atoms with Crippen molar-refractivity contribution in [3.05, 3.63) is 24.0 Å². The van der Waals surface area contributed by atoms with Gasteiger partial charge in [-0.1, -0.05) is 0 Å². The zero-order valence-corrected chi connectivity index (χ0v) is 7.17. The number of rotatable bonds is 4. The van der Waals surface area contributed by atoms with Crippen LogP contribution in [0.5, 0.6) is 0 Å². The molecule has 2 N–H and O–H groups in total. The largest absolute Gasteiger partial charge is 0.367 e. The Balaban J connectivity index is 2.52. The van der Waals surface area contributed by atoms with E-state index in [9.17, 15) is 0 Å². The van der Waals surface area contributed by atoms with Gasteiger partial charge in [-0.2, -0.15) is 5.26 Å². The fourth-order valence-electron chi connectivity index (χ4n) is 1.24. The molecule has 1 unspecified atom stereocenters. The third kappa shape index (κ3) is 2.11. The van der Waals surface area contributed by atoms with Crippen LogP contribution in [0.4, 0.5) is 0 Å². The van der Waals surface area contributed by atoms with Crippen molar-refractivity contribution in [3.63, 3.8) is 0 Å². The normalized spacial score (nSPS) is 12.3. The lowest BCUT2D eigenvalue weighted by molar-refractivity contribution is 0.558. The number of aromatic nitrogens is 1. The molecule has 3 heteroatoms. The van der Waals surface area contributed by atoms with Crippen LogP contribution < -0.4 is 5.32 Å². The lowest BCUT2D eigenvalue weighted by Crippen LogP contribution is -2.15. The van der Waals surface area contributed by atoms with Crippen LogP contribution in [0.25, 0.3) is 0 Å². The Morgan fingerprint density at radius 3 is 3.08 bits per heavy atom. The third-order valence-corrected chi connectivity index (χ3v) is 1.92. The van der Waals surface area contributed by atoms with E-state index in [1.807, 2.05) is 25.5 Å². The number of nitriles is 1. The van der Waals surface area contributed by atoms with Crippen LogP contribution in [0.15, 0.2) is 18.5 Å². The highest BCUT2D eigenvalue weighted by molar-refractivity contribution is 5.13. The first-order chi connectivity index (χ1) is 5.88. The summed E-state index contributed by atoms with van der Waals surface area (Å²) in [7, 11) is 1.91. The second-order valence-corrected chi connectivity index (χ2v) is 2.68. The topological polar surface area (TPSA) is 51.6 Å². The predicted octanol–water partition coefficient (Wildman–Crippen LogP) is 1.58. The van der Waals surface area contributed by atoms with Crippen molar-refractivity contribution in [2.75, 3.05) is 7.05 Å². The summed E-state index contributed by atoms with van der Waals surface area (Å²) in [5, 5.41) is 11.6. The summed E-state index contributed by atoms with van der Waals surface area (Å²) in [4.78, 5) is 3.00. The maximum absolute atomic E-state index is 8.42. The highest BCUT2D eigenvalue weighted by atomic mass is 14.9. The Labute approximate surface area is 72.4 Å². The van der Waals surface area contributed by atoms with Gasteiger partial charge in [-0.3, -0.25) is 0 Å². The molecule has 64 valence electrons. The first-order valence-corrected chi connectivity index (χ1v) is 4.05. The number of nitrogens with one attached hydrogen (secondary N) is 2. The van der Waals surface area contributed by atoms with Gasteiger partial charge in [0.1, 0.15) is 0 Å². The molecule has 0 saturated heterocycles. The van der Waals surface area contributed by atoms with E-state index in [-0.39, 0.29) is 0 Å². The van der Waals surface area contributed by atoms with Gasteiger partial charge in [0.2, 0.25) is 0 Å². The minimum Gasteiger partial charge on any atom is -0.367 e. The Hall–Kier alpha value is -1.27. The first kappa shape index (κ1) is 8.82. The van der Waals surface area contributed by atoms with Crippen LogP contribution in [0.2, 0.25) is 0 Å². The fraction of sp³-hybridized carbons (Fsp3) is 0.444. The highest BCUT2D eigenvalue weighted by Gasteiger charge is 2.07. The van der Waals surface area contributed by atoms with Gasteiger partial charge < -0.3 is 10.3 Å². The smallest absolute Gasteiger partial charge is 0.0622 e. The highest BCUT2D eigenvalue weighted by Crippen LogP contribution is 2.16. The molecule has 0 aliphatic rings. The number of hydrogen-bond donors (Lipinski definition) is 2. The molecule has 0 amide bonds. The summed E-state index contributed by atoms with van der Waals surface area (Å²) in [6.07, 6.45) is 5.31. The molecule has 0 spiro atoms. The van der Waals surface area contributed by atoms with Gasteiger partial charge in [-0.25, -0.2) is 0 Å². The molecular formula is C9H13N3. The molecule has 1 atom stereocenters. The van der Waals surface area contributed by atoms with Gasteiger partial charge >= 0.3 is 0 Å². The molecule has 1 rings (SSSR count). The van der Waals surface area contributed by atoms with Crippen LogP contribution in [0, 0.1) is 11.3 Å². The van der Waals surface area contributed by atoms with Gasteiger partial charge in [0, 0.05) is 24.9 Å². The van der Waals surface area contributed by atoms with Crippen molar-refractivity contribution in [3.8, 4) is 6.07 Å². The summed E-state index contributed by atoms with van der Waals surface area (Å²) in [6, 6.07) is 4.47. The maximum atomic E-state index is 8.42. The van der Waals surface area contributed by atoms with E-state index in [4.69, 9.17) is 5.26 Å². The van der Waals surface area contributed by atoms with E-state index in [0.29, 0.717) is 12.5 Å². The average Bonchev–Trinajstić information content (AvgIpc) is 2.59. The maximum Gasteiger partial charge on any atom is 0.0622 e. The van der Waals surface area contributed by atoms with E-state index in [1.54, 1.807) is 0 Å². The van der Waals surface area contributed by atoms with E-state index in [1.165, 1.54) is 5.56 Å². The SMILES string of the molecule is CNC(CCC#N)c1cc[nH]c1. The molecule has 0 aliphatic carbocycles. The summed E-state index contributed by atoms with van der Waals surface area (Å²) in [5.41, 5.74) is 1.22. The predicted molar refractivity (Wildman–Crippen MR) is 47.4 cm³/mol. The van der Waals surface area contributed by atoms with Gasteiger partial charge in [0.25, 0.3) is 0 Å². The third-order valence-electron chi connectivity index (χ3n) is 1.92. The van der Waals surface area contributed by atoms with Gasteiger partial charge in [-0.15, -0.1) is 0 Å². The monoisotopic (exact) mass is 163 g/mol. The van der Waals surface area contributed by atoms with Gasteiger partial charge in [-0.05, 0) is 25.1 Å². The van der Waals surface area contributed by atoms with Gasteiger partial charge in [0.15, 0.2) is 0 Å². The summed E-state index contributed by atoms with van der Waals surface area (Å²) in [6.45, 7) is 0. The quantitative estimate of drug-likeness (QED) is 0.708. The molecule has 0 aliphatic heterocycles. The number of nitrogens with zero attached hydrogens (tertiary/aromatic N) is 1. The number of aromatic amines is 1. The molecule has 3 nitrogen and oxygen atoms in total. The first-order valence-electron chi connectivity index (χ1n) is 4.05. The Morgan fingerprint density at radius 2 is 2.58 bits per heavy atom. The second-order valence-electron chi connectivity index (χ2n) is 2.68. The van der Waals surface area contributed by atoms with Crippen LogP contribution in [-0.2, 0) is 0 Å². The Kier molecular flexibility index (Phi) is 3.36. The molecule has 12 heavy (non-hydrogen) atoms.